The second-order valence-electron chi connectivity index (χ2n) is 9.86. The quantitative estimate of drug-likeness (QED) is 0.321. The smallest absolute Gasteiger partial charge is 0.405 e. The van der Waals surface area contributed by atoms with Crippen molar-refractivity contribution in [2.24, 2.45) is 23.7 Å². The molecule has 2 N–H and O–H groups in total. The molecular formula is C26H41NO6. The van der Waals surface area contributed by atoms with Gasteiger partial charge in [0.25, 0.3) is 0 Å². The van der Waals surface area contributed by atoms with Crippen LogP contribution in [-0.4, -0.2) is 49.6 Å². The average molecular weight is 464 g/mol. The van der Waals surface area contributed by atoms with Crippen LogP contribution in [0.25, 0.3) is 0 Å². The minimum Gasteiger partial charge on any atom is -0.493 e. The Morgan fingerprint density at radius 3 is 2.55 bits per heavy atom. The second kappa shape index (κ2) is 12.8. The van der Waals surface area contributed by atoms with E-state index in [0.717, 1.165) is 29.7 Å². The van der Waals surface area contributed by atoms with Crippen molar-refractivity contribution in [1.29, 1.82) is 0 Å². The highest BCUT2D eigenvalue weighted by Gasteiger charge is 2.41. The fourth-order valence-corrected chi connectivity index (χ4v) is 4.42. The molecule has 1 fully saturated rings. The molecule has 2 rings (SSSR count). The molecule has 1 aromatic carbocycles. The summed E-state index contributed by atoms with van der Waals surface area (Å²) in [4.78, 5) is 23.8. The summed E-state index contributed by atoms with van der Waals surface area (Å²) < 4.78 is 16.7. The lowest BCUT2D eigenvalue weighted by Gasteiger charge is -2.29. The monoisotopic (exact) mass is 463 g/mol. The zero-order valence-corrected chi connectivity index (χ0v) is 20.9. The molecule has 0 spiro atoms. The molecule has 1 saturated heterocycles. The topological polar surface area (TPSA) is 94.1 Å². The first-order chi connectivity index (χ1) is 15.6. The van der Waals surface area contributed by atoms with Crippen molar-refractivity contribution in [3.8, 4) is 5.75 Å². The standard InChI is InChI=1S/C26H41NO6/c1-16(2)20(12-19-9-8-18(5)23(13-19)32-11-7-10-31-6)14-22(27-26(29)30)24-15-21(17(3)4)25(28)33-24/h8-9,13,16-17,20-22,24,27H,7,10-12,14-15H2,1-6H3,(H,29,30). The van der Waals surface area contributed by atoms with Crippen LogP contribution in [0.4, 0.5) is 4.79 Å². The van der Waals surface area contributed by atoms with E-state index >= 15 is 0 Å². The summed E-state index contributed by atoms with van der Waals surface area (Å²) >= 11 is 0. The van der Waals surface area contributed by atoms with Crippen molar-refractivity contribution in [2.45, 2.75) is 72.4 Å². The maximum absolute atomic E-state index is 12.3. The molecule has 4 atom stereocenters. The molecule has 186 valence electrons. The van der Waals surface area contributed by atoms with Gasteiger partial charge in [-0.3, -0.25) is 4.79 Å². The number of carboxylic acid groups (broad SMARTS) is 1. The van der Waals surface area contributed by atoms with Gasteiger partial charge in [0.2, 0.25) is 0 Å². The van der Waals surface area contributed by atoms with Crippen LogP contribution in [-0.2, 0) is 20.7 Å². The Bertz CT molecular complexity index is 778. The molecule has 0 aromatic heterocycles. The van der Waals surface area contributed by atoms with Gasteiger partial charge in [-0.1, -0.05) is 39.8 Å². The maximum Gasteiger partial charge on any atom is 0.405 e. The lowest BCUT2D eigenvalue weighted by molar-refractivity contribution is -0.146. The van der Waals surface area contributed by atoms with Crippen LogP contribution in [0.1, 0.15) is 58.1 Å². The van der Waals surface area contributed by atoms with E-state index in [1.165, 1.54) is 0 Å². The number of amides is 1. The number of benzene rings is 1. The zero-order chi connectivity index (χ0) is 24.5. The average Bonchev–Trinajstić information content (AvgIpc) is 3.13. The largest absolute Gasteiger partial charge is 0.493 e. The van der Waals surface area contributed by atoms with Crippen molar-refractivity contribution >= 4 is 12.1 Å². The second-order valence-corrected chi connectivity index (χ2v) is 9.86. The van der Waals surface area contributed by atoms with Crippen LogP contribution < -0.4 is 10.1 Å². The minimum absolute atomic E-state index is 0.170. The molecule has 1 aliphatic heterocycles. The number of aryl methyl sites for hydroxylation is 1. The fourth-order valence-electron chi connectivity index (χ4n) is 4.42. The van der Waals surface area contributed by atoms with Gasteiger partial charge < -0.3 is 24.6 Å². The predicted molar refractivity (Wildman–Crippen MR) is 128 cm³/mol. The third kappa shape index (κ3) is 8.22. The van der Waals surface area contributed by atoms with E-state index in [4.69, 9.17) is 14.2 Å². The lowest BCUT2D eigenvalue weighted by atomic mass is 9.81. The molecule has 1 heterocycles. The van der Waals surface area contributed by atoms with Crippen LogP contribution in [0, 0.1) is 30.6 Å². The van der Waals surface area contributed by atoms with Gasteiger partial charge >= 0.3 is 12.1 Å². The van der Waals surface area contributed by atoms with Crippen LogP contribution in [0.15, 0.2) is 18.2 Å². The Balaban J connectivity index is 2.12. The third-order valence-electron chi connectivity index (χ3n) is 6.62. The number of hydrogen-bond donors (Lipinski definition) is 2. The maximum atomic E-state index is 12.3. The van der Waals surface area contributed by atoms with Gasteiger partial charge in [-0.15, -0.1) is 0 Å². The first-order valence-corrected chi connectivity index (χ1v) is 12.0. The first-order valence-electron chi connectivity index (χ1n) is 12.0. The van der Waals surface area contributed by atoms with Crippen LogP contribution >= 0.6 is 0 Å². The van der Waals surface area contributed by atoms with Gasteiger partial charge in [-0.25, -0.2) is 4.79 Å². The lowest BCUT2D eigenvalue weighted by Crippen LogP contribution is -2.44. The molecule has 0 bridgehead atoms. The van der Waals surface area contributed by atoms with E-state index in [1.807, 2.05) is 20.8 Å². The molecule has 7 nitrogen and oxygen atoms in total. The van der Waals surface area contributed by atoms with Crippen LogP contribution in [0.2, 0.25) is 0 Å². The molecule has 1 aliphatic rings. The molecular weight excluding hydrogens is 422 g/mol. The molecule has 1 aromatic rings. The van der Waals surface area contributed by atoms with Crippen molar-refractivity contribution in [3.63, 3.8) is 0 Å². The summed E-state index contributed by atoms with van der Waals surface area (Å²) in [6.07, 6.45) is 1.25. The minimum atomic E-state index is -1.09. The highest BCUT2D eigenvalue weighted by atomic mass is 16.6. The molecule has 33 heavy (non-hydrogen) atoms. The summed E-state index contributed by atoms with van der Waals surface area (Å²) in [5.74, 6) is 1.18. The molecule has 0 saturated carbocycles. The number of methoxy groups -OCH3 is 1. The van der Waals surface area contributed by atoms with Gasteiger partial charge in [0.1, 0.15) is 11.9 Å². The third-order valence-corrected chi connectivity index (χ3v) is 6.62. The summed E-state index contributed by atoms with van der Waals surface area (Å²) in [7, 11) is 1.68. The Hall–Kier alpha value is -2.28. The number of rotatable bonds is 13. The Morgan fingerprint density at radius 1 is 1.24 bits per heavy atom. The number of hydrogen-bond acceptors (Lipinski definition) is 5. The molecule has 0 aliphatic carbocycles. The van der Waals surface area contributed by atoms with Crippen molar-refractivity contribution < 1.29 is 28.9 Å². The van der Waals surface area contributed by atoms with E-state index in [2.05, 4.69) is 37.4 Å². The summed E-state index contributed by atoms with van der Waals surface area (Å²) in [5, 5.41) is 12.1. The Kier molecular flexibility index (Phi) is 10.5. The number of carbonyl (C=O) groups excluding carboxylic acids is 1. The van der Waals surface area contributed by atoms with Crippen molar-refractivity contribution in [3.05, 3.63) is 29.3 Å². The number of nitrogens with one attached hydrogen (secondary N) is 1. The fraction of sp³-hybridized carbons (Fsp3) is 0.692. The summed E-state index contributed by atoms with van der Waals surface area (Å²) in [5.41, 5.74) is 2.24. The normalized spacial score (nSPS) is 20.1. The Labute approximate surface area is 198 Å². The molecule has 0 radical (unpaired) electrons. The van der Waals surface area contributed by atoms with Gasteiger partial charge in [-0.05, 0) is 61.1 Å². The van der Waals surface area contributed by atoms with E-state index in [1.54, 1.807) is 7.11 Å². The van der Waals surface area contributed by atoms with Crippen molar-refractivity contribution in [1.82, 2.24) is 5.32 Å². The molecule has 7 heteroatoms. The van der Waals surface area contributed by atoms with E-state index in [-0.39, 0.29) is 23.7 Å². The van der Waals surface area contributed by atoms with Crippen LogP contribution in [0.3, 0.4) is 0 Å². The molecule has 4 unspecified atom stereocenters. The highest BCUT2D eigenvalue weighted by molar-refractivity contribution is 5.75. The number of cyclic esters (lactones) is 1. The SMILES string of the molecule is COCCCOc1cc(CC(CC(NC(=O)O)C2CC(C(C)C)C(=O)O2)C(C)C)ccc1C. The summed E-state index contributed by atoms with van der Waals surface area (Å²) in [6.45, 7) is 11.6. The summed E-state index contributed by atoms with van der Waals surface area (Å²) in [6, 6.07) is 5.83. The van der Waals surface area contributed by atoms with Gasteiger partial charge in [0.05, 0.1) is 18.6 Å². The number of carbonyl (C=O) groups is 2. The van der Waals surface area contributed by atoms with Crippen LogP contribution in [0.5, 0.6) is 5.75 Å². The van der Waals surface area contributed by atoms with Gasteiger partial charge in [0, 0.05) is 20.1 Å². The number of esters is 1. The van der Waals surface area contributed by atoms with Gasteiger partial charge in [0.15, 0.2) is 0 Å². The first kappa shape index (κ1) is 27.0. The van der Waals surface area contributed by atoms with E-state index < -0.39 is 18.2 Å². The molecule has 1 amide bonds. The van der Waals surface area contributed by atoms with Crippen molar-refractivity contribution in [2.75, 3.05) is 20.3 Å². The zero-order valence-electron chi connectivity index (χ0n) is 20.9. The highest BCUT2D eigenvalue weighted by Crippen LogP contribution is 2.33. The Morgan fingerprint density at radius 2 is 1.97 bits per heavy atom. The van der Waals surface area contributed by atoms with E-state index in [9.17, 15) is 14.7 Å². The van der Waals surface area contributed by atoms with Gasteiger partial charge in [-0.2, -0.15) is 0 Å². The van der Waals surface area contributed by atoms with E-state index in [0.29, 0.717) is 32.0 Å². The number of ether oxygens (including phenoxy) is 3. The predicted octanol–water partition coefficient (Wildman–Crippen LogP) is 4.84.